The molecule has 0 aliphatic carbocycles. The highest BCUT2D eigenvalue weighted by Crippen LogP contribution is 2.05. The van der Waals surface area contributed by atoms with Gasteiger partial charge in [0.15, 0.2) is 5.96 Å². The van der Waals surface area contributed by atoms with Gasteiger partial charge in [-0.15, -0.1) is 24.0 Å². The topological polar surface area (TPSA) is 69.2 Å². The molecule has 1 saturated heterocycles. The normalized spacial score (nSPS) is 16.4. The average Bonchev–Trinajstić information content (AvgIpc) is 2.63. The molecule has 1 aliphatic rings. The molecule has 1 atom stereocenters. The standard InChI is InChI=1S/C19H39N5O2.HI/c1-5-6-7-8-9-17(2)22-19(21-16-18(25)23(3)4)20-10-11-24-12-14-26-15-13-24;/h17H,5-16H2,1-4H3,(H2,20,21,22);1H. The summed E-state index contributed by atoms with van der Waals surface area (Å²) in [4.78, 5) is 20.3. The third-order valence-corrected chi connectivity index (χ3v) is 4.57. The number of amides is 1. The maximum Gasteiger partial charge on any atom is 0.243 e. The van der Waals surface area contributed by atoms with Crippen molar-refractivity contribution < 1.29 is 9.53 Å². The number of nitrogens with zero attached hydrogens (tertiary/aromatic N) is 3. The summed E-state index contributed by atoms with van der Waals surface area (Å²) in [6, 6.07) is 0.343. The van der Waals surface area contributed by atoms with Crippen LogP contribution in [0.2, 0.25) is 0 Å². The number of likely N-dealkylation sites (N-methyl/N-ethyl adjacent to an activating group) is 1. The van der Waals surface area contributed by atoms with E-state index in [1.165, 1.54) is 25.7 Å². The van der Waals surface area contributed by atoms with Crippen LogP contribution in [0, 0.1) is 0 Å². The molecule has 0 bridgehead atoms. The van der Waals surface area contributed by atoms with Crippen molar-refractivity contribution in [1.82, 2.24) is 20.4 Å². The van der Waals surface area contributed by atoms with E-state index in [4.69, 9.17) is 4.74 Å². The van der Waals surface area contributed by atoms with Gasteiger partial charge in [-0.05, 0) is 13.3 Å². The highest BCUT2D eigenvalue weighted by molar-refractivity contribution is 14.0. The number of carbonyl (C=O) groups excluding carboxylic acids is 1. The molecule has 0 aromatic carbocycles. The number of rotatable bonds is 11. The van der Waals surface area contributed by atoms with Gasteiger partial charge < -0.3 is 20.3 Å². The van der Waals surface area contributed by atoms with E-state index in [-0.39, 0.29) is 36.4 Å². The third-order valence-electron chi connectivity index (χ3n) is 4.57. The first-order chi connectivity index (χ1) is 12.5. The number of hydrogen-bond acceptors (Lipinski definition) is 4. The van der Waals surface area contributed by atoms with Gasteiger partial charge in [0.25, 0.3) is 0 Å². The maximum atomic E-state index is 11.8. The molecular formula is C19H40IN5O2. The summed E-state index contributed by atoms with van der Waals surface area (Å²) in [6.07, 6.45) is 6.16. The SMILES string of the molecule is CCCCCCC(C)NC(=NCC(=O)N(C)C)NCCN1CCOCC1.I. The summed E-state index contributed by atoms with van der Waals surface area (Å²) >= 11 is 0. The van der Waals surface area contributed by atoms with Crippen molar-refractivity contribution in [1.29, 1.82) is 0 Å². The van der Waals surface area contributed by atoms with Crippen LogP contribution in [0.25, 0.3) is 0 Å². The van der Waals surface area contributed by atoms with Crippen LogP contribution in [0.15, 0.2) is 4.99 Å². The van der Waals surface area contributed by atoms with Gasteiger partial charge in [0.05, 0.1) is 13.2 Å². The van der Waals surface area contributed by atoms with Gasteiger partial charge in [-0.3, -0.25) is 9.69 Å². The van der Waals surface area contributed by atoms with E-state index >= 15 is 0 Å². The van der Waals surface area contributed by atoms with Crippen LogP contribution >= 0.6 is 24.0 Å². The van der Waals surface area contributed by atoms with Gasteiger partial charge in [0.1, 0.15) is 6.54 Å². The molecule has 0 aromatic heterocycles. The molecule has 0 radical (unpaired) electrons. The number of carbonyl (C=O) groups is 1. The zero-order chi connectivity index (χ0) is 19.2. The Morgan fingerprint density at radius 3 is 2.56 bits per heavy atom. The molecule has 27 heavy (non-hydrogen) atoms. The minimum atomic E-state index is 0. The van der Waals surface area contributed by atoms with Gasteiger partial charge in [-0.2, -0.15) is 0 Å². The lowest BCUT2D eigenvalue weighted by molar-refractivity contribution is -0.127. The Bertz CT molecular complexity index is 415. The van der Waals surface area contributed by atoms with Crippen molar-refractivity contribution >= 4 is 35.8 Å². The second-order valence-electron chi connectivity index (χ2n) is 7.23. The van der Waals surface area contributed by atoms with Gasteiger partial charge in [0.2, 0.25) is 5.91 Å². The quantitative estimate of drug-likeness (QED) is 0.198. The Kier molecular flexibility index (Phi) is 16.0. The van der Waals surface area contributed by atoms with Crippen LogP contribution in [0.5, 0.6) is 0 Å². The van der Waals surface area contributed by atoms with Crippen LogP contribution in [-0.4, -0.2) is 87.7 Å². The molecule has 0 aromatic rings. The fraction of sp³-hybridized carbons (Fsp3) is 0.895. The van der Waals surface area contributed by atoms with Crippen molar-refractivity contribution in [3.63, 3.8) is 0 Å². The summed E-state index contributed by atoms with van der Waals surface area (Å²) in [7, 11) is 3.51. The highest BCUT2D eigenvalue weighted by Gasteiger charge is 2.11. The average molecular weight is 497 g/mol. The van der Waals surface area contributed by atoms with Gasteiger partial charge in [-0.25, -0.2) is 4.99 Å². The number of guanidine groups is 1. The van der Waals surface area contributed by atoms with Gasteiger partial charge in [-0.1, -0.05) is 32.6 Å². The maximum absolute atomic E-state index is 11.8. The van der Waals surface area contributed by atoms with E-state index in [0.717, 1.165) is 51.8 Å². The van der Waals surface area contributed by atoms with Crippen molar-refractivity contribution in [2.45, 2.75) is 52.0 Å². The summed E-state index contributed by atoms with van der Waals surface area (Å²) in [5, 5.41) is 6.83. The molecular weight excluding hydrogens is 457 g/mol. The fourth-order valence-electron chi connectivity index (χ4n) is 2.78. The summed E-state index contributed by atoms with van der Waals surface area (Å²) < 4.78 is 5.38. The number of unbranched alkanes of at least 4 members (excludes halogenated alkanes) is 3. The zero-order valence-corrected chi connectivity index (χ0v) is 20.0. The lowest BCUT2D eigenvalue weighted by atomic mass is 10.1. The largest absolute Gasteiger partial charge is 0.379 e. The lowest BCUT2D eigenvalue weighted by Crippen LogP contribution is -2.47. The summed E-state index contributed by atoms with van der Waals surface area (Å²) in [6.45, 7) is 9.93. The van der Waals surface area contributed by atoms with Crippen molar-refractivity contribution in [3.8, 4) is 0 Å². The van der Waals surface area contributed by atoms with Crippen LogP contribution in [-0.2, 0) is 9.53 Å². The van der Waals surface area contributed by atoms with E-state index < -0.39 is 0 Å². The first-order valence-corrected chi connectivity index (χ1v) is 10.1. The second kappa shape index (κ2) is 16.4. The Labute approximate surface area is 182 Å². The van der Waals surface area contributed by atoms with Crippen LogP contribution < -0.4 is 10.6 Å². The number of nitrogens with one attached hydrogen (secondary N) is 2. The second-order valence-corrected chi connectivity index (χ2v) is 7.23. The number of halogens is 1. The predicted octanol–water partition coefficient (Wildman–Crippen LogP) is 1.92. The Morgan fingerprint density at radius 1 is 1.22 bits per heavy atom. The molecule has 1 rings (SSSR count). The molecule has 0 spiro atoms. The smallest absolute Gasteiger partial charge is 0.243 e. The summed E-state index contributed by atoms with van der Waals surface area (Å²) in [5.41, 5.74) is 0. The van der Waals surface area contributed by atoms with E-state index in [1.54, 1.807) is 19.0 Å². The van der Waals surface area contributed by atoms with Gasteiger partial charge >= 0.3 is 0 Å². The summed E-state index contributed by atoms with van der Waals surface area (Å²) in [5.74, 6) is 0.742. The molecule has 1 fully saturated rings. The number of morpholine rings is 1. The third kappa shape index (κ3) is 13.2. The Hall–Kier alpha value is -0.610. The molecule has 0 saturated carbocycles. The molecule has 1 amide bonds. The Balaban J connectivity index is 0.00000676. The molecule has 8 heteroatoms. The predicted molar refractivity (Wildman–Crippen MR) is 123 cm³/mol. The van der Waals surface area contributed by atoms with E-state index in [2.05, 4.69) is 34.4 Å². The first kappa shape index (κ1) is 26.4. The minimum Gasteiger partial charge on any atom is -0.379 e. The van der Waals surface area contributed by atoms with Crippen molar-refractivity contribution in [2.75, 3.05) is 60.0 Å². The van der Waals surface area contributed by atoms with Crippen LogP contribution in [0.3, 0.4) is 0 Å². The molecule has 1 heterocycles. The first-order valence-electron chi connectivity index (χ1n) is 10.1. The van der Waals surface area contributed by atoms with Crippen molar-refractivity contribution in [2.24, 2.45) is 4.99 Å². The molecule has 7 nitrogen and oxygen atoms in total. The zero-order valence-electron chi connectivity index (χ0n) is 17.6. The monoisotopic (exact) mass is 497 g/mol. The Morgan fingerprint density at radius 2 is 1.93 bits per heavy atom. The number of hydrogen-bond donors (Lipinski definition) is 2. The van der Waals surface area contributed by atoms with Crippen LogP contribution in [0.4, 0.5) is 0 Å². The molecule has 1 aliphatic heterocycles. The number of ether oxygens (including phenoxy) is 1. The van der Waals surface area contributed by atoms with E-state index in [1.807, 2.05) is 0 Å². The van der Waals surface area contributed by atoms with Gasteiger partial charge in [0, 0.05) is 46.3 Å². The minimum absolute atomic E-state index is 0. The van der Waals surface area contributed by atoms with E-state index in [0.29, 0.717) is 6.04 Å². The molecule has 1 unspecified atom stereocenters. The fourth-order valence-corrected chi connectivity index (χ4v) is 2.78. The van der Waals surface area contributed by atoms with Crippen molar-refractivity contribution in [3.05, 3.63) is 0 Å². The number of aliphatic imine (C=N–C) groups is 1. The van der Waals surface area contributed by atoms with E-state index in [9.17, 15) is 4.79 Å². The molecule has 160 valence electrons. The van der Waals surface area contributed by atoms with Crippen LogP contribution in [0.1, 0.15) is 46.0 Å². The lowest BCUT2D eigenvalue weighted by Gasteiger charge is -2.27. The molecule has 2 N–H and O–H groups in total. The highest BCUT2D eigenvalue weighted by atomic mass is 127.